The second kappa shape index (κ2) is 2.63. The van der Waals surface area contributed by atoms with Gasteiger partial charge in [-0.15, -0.1) is 0 Å². The van der Waals surface area contributed by atoms with Gasteiger partial charge in [0.25, 0.3) is 5.56 Å². The molecule has 2 aromatic rings. The second-order valence-electron chi connectivity index (χ2n) is 2.21. The quantitative estimate of drug-likeness (QED) is 0.493. The molecule has 0 aliphatic rings. The number of rotatable bonds is 1. The van der Waals surface area contributed by atoms with Gasteiger partial charge in [-0.25, -0.2) is 4.98 Å². The molecule has 0 aliphatic heterocycles. The highest BCUT2D eigenvalue weighted by atomic mass is 32.2. The third-order valence-corrected chi connectivity index (χ3v) is 2.06. The predicted molar refractivity (Wildman–Crippen MR) is 46.3 cm³/mol. The van der Waals surface area contributed by atoms with Crippen molar-refractivity contribution in [2.75, 3.05) is 6.26 Å². The zero-order chi connectivity index (χ0) is 8.55. The molecule has 62 valence electrons. The summed E-state index contributed by atoms with van der Waals surface area (Å²) >= 11 is 1.39. The lowest BCUT2D eigenvalue weighted by Crippen LogP contribution is -2.08. The van der Waals surface area contributed by atoms with Gasteiger partial charge in [-0.05, 0) is 6.26 Å². The predicted octanol–water partition coefficient (Wildman–Crippen LogP) is 0.368. The number of aromatic nitrogens is 4. The third kappa shape index (κ3) is 1.00. The maximum Gasteiger partial charge on any atom is 0.277 e. The molecule has 0 radical (unpaired) electrons. The number of hydrogen-bond acceptors (Lipinski definition) is 4. The fraction of sp³-hybridized carbons (Fsp3) is 0.167. The van der Waals surface area contributed by atoms with Crippen molar-refractivity contribution < 1.29 is 0 Å². The van der Waals surface area contributed by atoms with E-state index >= 15 is 0 Å². The van der Waals surface area contributed by atoms with Gasteiger partial charge >= 0.3 is 0 Å². The van der Waals surface area contributed by atoms with Gasteiger partial charge in [0.1, 0.15) is 11.0 Å². The summed E-state index contributed by atoms with van der Waals surface area (Å²) in [5, 5.41) is 6.90. The fourth-order valence-electron chi connectivity index (χ4n) is 0.925. The Bertz CT molecular complexity index is 460. The number of aromatic amines is 2. The molecule has 0 amide bonds. The van der Waals surface area contributed by atoms with Crippen molar-refractivity contribution in [3.8, 4) is 0 Å². The molecule has 12 heavy (non-hydrogen) atoms. The molecule has 0 saturated carbocycles. The van der Waals surface area contributed by atoms with Gasteiger partial charge in [0.05, 0.1) is 6.20 Å². The molecule has 5 nitrogen and oxygen atoms in total. The van der Waals surface area contributed by atoms with E-state index in [9.17, 15) is 4.79 Å². The van der Waals surface area contributed by atoms with E-state index < -0.39 is 0 Å². The molecule has 0 spiro atoms. The van der Waals surface area contributed by atoms with Crippen LogP contribution in [0.4, 0.5) is 0 Å². The van der Waals surface area contributed by atoms with E-state index in [1.165, 1.54) is 18.0 Å². The SMILES string of the molecule is CSc1nc2cn[nH]c2c(=O)[nH]1. The van der Waals surface area contributed by atoms with Crippen molar-refractivity contribution in [2.45, 2.75) is 5.16 Å². The minimum absolute atomic E-state index is 0.179. The van der Waals surface area contributed by atoms with Crippen LogP contribution >= 0.6 is 11.8 Å². The molecule has 0 aliphatic carbocycles. The largest absolute Gasteiger partial charge is 0.300 e. The van der Waals surface area contributed by atoms with Crippen LogP contribution < -0.4 is 5.56 Å². The molecular weight excluding hydrogens is 176 g/mol. The van der Waals surface area contributed by atoms with Crippen molar-refractivity contribution in [2.24, 2.45) is 0 Å². The van der Waals surface area contributed by atoms with Crippen molar-refractivity contribution in [3.63, 3.8) is 0 Å². The van der Waals surface area contributed by atoms with Gasteiger partial charge < -0.3 is 0 Å². The molecular formula is C6H6N4OS. The Hall–Kier alpha value is -1.30. The summed E-state index contributed by atoms with van der Waals surface area (Å²) in [4.78, 5) is 18.0. The highest BCUT2D eigenvalue weighted by Crippen LogP contribution is 2.08. The molecule has 2 N–H and O–H groups in total. The maximum absolute atomic E-state index is 11.2. The van der Waals surface area contributed by atoms with Gasteiger partial charge in [0, 0.05) is 0 Å². The molecule has 0 bridgehead atoms. The van der Waals surface area contributed by atoms with Crippen LogP contribution in [0.25, 0.3) is 11.0 Å². The van der Waals surface area contributed by atoms with E-state index in [4.69, 9.17) is 0 Å². The third-order valence-electron chi connectivity index (χ3n) is 1.48. The van der Waals surface area contributed by atoms with E-state index in [0.29, 0.717) is 16.2 Å². The Labute approximate surface area is 71.6 Å². The summed E-state index contributed by atoms with van der Waals surface area (Å²) in [6.07, 6.45) is 3.38. The van der Waals surface area contributed by atoms with Crippen LogP contribution in [0.3, 0.4) is 0 Å². The first kappa shape index (κ1) is 7.35. The van der Waals surface area contributed by atoms with Crippen LogP contribution in [0.15, 0.2) is 16.1 Å². The summed E-state index contributed by atoms with van der Waals surface area (Å²) in [5.74, 6) is 0. The second-order valence-corrected chi connectivity index (χ2v) is 3.00. The topological polar surface area (TPSA) is 74.4 Å². The minimum atomic E-state index is -0.179. The first-order valence-corrected chi connectivity index (χ1v) is 4.51. The molecule has 0 fully saturated rings. The zero-order valence-corrected chi connectivity index (χ0v) is 7.10. The summed E-state index contributed by atoms with van der Waals surface area (Å²) in [7, 11) is 0. The van der Waals surface area contributed by atoms with Crippen LogP contribution in [0.2, 0.25) is 0 Å². The average Bonchev–Trinajstić information content (AvgIpc) is 2.52. The Morgan fingerprint density at radius 1 is 1.58 bits per heavy atom. The van der Waals surface area contributed by atoms with Crippen molar-refractivity contribution in [3.05, 3.63) is 16.6 Å². The van der Waals surface area contributed by atoms with E-state index in [2.05, 4.69) is 20.2 Å². The van der Waals surface area contributed by atoms with Crippen molar-refractivity contribution in [1.29, 1.82) is 0 Å². The van der Waals surface area contributed by atoms with Gasteiger partial charge in [-0.3, -0.25) is 14.9 Å². The van der Waals surface area contributed by atoms with Gasteiger partial charge in [-0.2, -0.15) is 5.10 Å². The monoisotopic (exact) mass is 182 g/mol. The Morgan fingerprint density at radius 3 is 3.17 bits per heavy atom. The normalized spacial score (nSPS) is 10.8. The molecule has 0 saturated heterocycles. The smallest absolute Gasteiger partial charge is 0.277 e. The van der Waals surface area contributed by atoms with Crippen LogP contribution in [-0.4, -0.2) is 26.4 Å². The summed E-state index contributed by atoms with van der Waals surface area (Å²) < 4.78 is 0. The van der Waals surface area contributed by atoms with Crippen LogP contribution in [0.5, 0.6) is 0 Å². The van der Waals surface area contributed by atoms with Crippen LogP contribution in [0.1, 0.15) is 0 Å². The number of thioether (sulfide) groups is 1. The van der Waals surface area contributed by atoms with E-state index in [0.717, 1.165) is 0 Å². The van der Waals surface area contributed by atoms with E-state index in [1.54, 1.807) is 0 Å². The summed E-state index contributed by atoms with van der Waals surface area (Å²) in [6, 6.07) is 0. The molecule has 6 heteroatoms. The van der Waals surface area contributed by atoms with Gasteiger partial charge in [0.2, 0.25) is 0 Å². The average molecular weight is 182 g/mol. The minimum Gasteiger partial charge on any atom is -0.300 e. The molecule has 2 aromatic heterocycles. The van der Waals surface area contributed by atoms with E-state index in [-0.39, 0.29) is 5.56 Å². The molecule has 0 atom stereocenters. The lowest BCUT2D eigenvalue weighted by molar-refractivity contribution is 0.974. The summed E-state index contributed by atoms with van der Waals surface area (Å²) in [6.45, 7) is 0. The number of nitrogens with zero attached hydrogens (tertiary/aromatic N) is 2. The molecule has 0 aromatic carbocycles. The maximum atomic E-state index is 11.2. The van der Waals surface area contributed by atoms with Crippen molar-refractivity contribution >= 4 is 22.8 Å². The first-order valence-electron chi connectivity index (χ1n) is 3.28. The number of fused-ring (bicyclic) bond motifs is 1. The van der Waals surface area contributed by atoms with Crippen LogP contribution in [-0.2, 0) is 0 Å². The number of H-pyrrole nitrogens is 2. The standard InChI is InChI=1S/C6H6N4OS/c1-12-6-8-3-2-7-10-4(3)5(11)9-6/h2H,1H3,(H,7,10)(H,8,9,11). The van der Waals surface area contributed by atoms with E-state index in [1.807, 2.05) is 6.26 Å². The summed E-state index contributed by atoms with van der Waals surface area (Å²) in [5.41, 5.74) is 0.845. The van der Waals surface area contributed by atoms with Gasteiger partial charge in [0.15, 0.2) is 5.16 Å². The molecule has 2 heterocycles. The van der Waals surface area contributed by atoms with Crippen LogP contribution in [0, 0.1) is 0 Å². The van der Waals surface area contributed by atoms with Gasteiger partial charge in [-0.1, -0.05) is 11.8 Å². The number of nitrogens with one attached hydrogen (secondary N) is 2. The molecule has 2 rings (SSSR count). The lowest BCUT2D eigenvalue weighted by Gasteiger charge is -1.92. The first-order chi connectivity index (χ1) is 5.81. The number of hydrogen-bond donors (Lipinski definition) is 2. The Balaban J connectivity index is 2.84. The highest BCUT2D eigenvalue weighted by Gasteiger charge is 2.03. The molecule has 0 unspecified atom stereocenters. The fourth-order valence-corrected chi connectivity index (χ4v) is 1.31. The highest BCUT2D eigenvalue weighted by molar-refractivity contribution is 7.98. The zero-order valence-electron chi connectivity index (χ0n) is 6.29. The Kier molecular flexibility index (Phi) is 1.61. The Morgan fingerprint density at radius 2 is 2.42 bits per heavy atom. The lowest BCUT2D eigenvalue weighted by atomic mass is 10.5. The van der Waals surface area contributed by atoms with Crippen molar-refractivity contribution in [1.82, 2.24) is 20.2 Å².